The van der Waals surface area contributed by atoms with Crippen LogP contribution in [-0.2, 0) is 7.05 Å². The monoisotopic (exact) mass is 216 g/mol. The second kappa shape index (κ2) is 3.06. The van der Waals surface area contributed by atoms with Gasteiger partial charge in [-0.05, 0) is 30.5 Å². The van der Waals surface area contributed by atoms with Gasteiger partial charge in [0, 0.05) is 18.6 Å². The summed E-state index contributed by atoms with van der Waals surface area (Å²) < 4.78 is 2.00. The topological polar surface area (TPSA) is 69.9 Å². The second-order valence-corrected chi connectivity index (χ2v) is 4.81. The SMILES string of the molecule is Cn1cnc2cc(C(N)C3(N)CC3)ccc21. The summed E-state index contributed by atoms with van der Waals surface area (Å²) in [5.74, 6) is 0. The zero-order valence-corrected chi connectivity index (χ0v) is 9.35. The van der Waals surface area contributed by atoms with E-state index >= 15 is 0 Å². The van der Waals surface area contributed by atoms with Gasteiger partial charge in [0.05, 0.1) is 17.4 Å². The molecule has 1 aliphatic rings. The lowest BCUT2D eigenvalue weighted by Gasteiger charge is -2.19. The lowest BCUT2D eigenvalue weighted by Crippen LogP contribution is -2.36. The smallest absolute Gasteiger partial charge is 0.0955 e. The number of aromatic nitrogens is 2. The molecule has 1 unspecified atom stereocenters. The fraction of sp³-hybridized carbons (Fsp3) is 0.417. The summed E-state index contributed by atoms with van der Waals surface area (Å²) in [6.45, 7) is 0. The van der Waals surface area contributed by atoms with Crippen LogP contribution in [0.5, 0.6) is 0 Å². The lowest BCUT2D eigenvalue weighted by molar-refractivity contribution is 0.536. The van der Waals surface area contributed by atoms with Crippen LogP contribution in [0, 0.1) is 0 Å². The van der Waals surface area contributed by atoms with Crippen molar-refractivity contribution in [1.82, 2.24) is 9.55 Å². The van der Waals surface area contributed by atoms with Crippen molar-refractivity contribution in [2.24, 2.45) is 18.5 Å². The number of hydrogen-bond acceptors (Lipinski definition) is 3. The molecule has 0 aliphatic heterocycles. The van der Waals surface area contributed by atoms with Gasteiger partial charge in [-0.2, -0.15) is 0 Å². The Morgan fingerprint density at radius 3 is 2.88 bits per heavy atom. The van der Waals surface area contributed by atoms with E-state index in [1.807, 2.05) is 24.0 Å². The zero-order valence-electron chi connectivity index (χ0n) is 9.35. The molecule has 1 fully saturated rings. The molecule has 4 nitrogen and oxygen atoms in total. The van der Waals surface area contributed by atoms with E-state index in [1.54, 1.807) is 0 Å². The Balaban J connectivity index is 2.05. The highest BCUT2D eigenvalue weighted by atomic mass is 15.0. The third kappa shape index (κ3) is 1.34. The second-order valence-electron chi connectivity index (χ2n) is 4.81. The molecule has 0 saturated heterocycles. The lowest BCUT2D eigenvalue weighted by atomic mass is 9.98. The van der Waals surface area contributed by atoms with E-state index in [4.69, 9.17) is 11.5 Å². The molecule has 0 radical (unpaired) electrons. The third-order valence-electron chi connectivity index (χ3n) is 3.56. The Morgan fingerprint density at radius 1 is 1.44 bits per heavy atom. The molecule has 4 N–H and O–H groups in total. The maximum Gasteiger partial charge on any atom is 0.0955 e. The maximum absolute atomic E-state index is 6.17. The Labute approximate surface area is 94.3 Å². The quantitative estimate of drug-likeness (QED) is 0.788. The Hall–Kier alpha value is -1.39. The first-order chi connectivity index (χ1) is 7.60. The molecule has 1 atom stereocenters. The molecule has 0 amide bonds. The highest BCUT2D eigenvalue weighted by molar-refractivity contribution is 5.76. The van der Waals surface area contributed by atoms with Gasteiger partial charge in [0.15, 0.2) is 0 Å². The van der Waals surface area contributed by atoms with Crippen LogP contribution in [0.25, 0.3) is 11.0 Å². The Bertz CT molecular complexity index is 539. The highest BCUT2D eigenvalue weighted by Gasteiger charge is 2.44. The average molecular weight is 216 g/mol. The minimum absolute atomic E-state index is 0.0705. The van der Waals surface area contributed by atoms with Crippen molar-refractivity contribution in [2.45, 2.75) is 24.4 Å². The summed E-state index contributed by atoms with van der Waals surface area (Å²) in [5.41, 5.74) is 15.3. The summed E-state index contributed by atoms with van der Waals surface area (Å²) >= 11 is 0. The number of aryl methyl sites for hydroxylation is 1. The molecule has 0 bridgehead atoms. The van der Waals surface area contributed by atoms with Crippen LogP contribution in [-0.4, -0.2) is 15.1 Å². The fourth-order valence-corrected chi connectivity index (χ4v) is 2.13. The first kappa shape index (κ1) is 9.81. The standard InChI is InChI=1S/C12H16N4/c1-16-7-15-9-6-8(2-3-10(9)16)11(13)12(14)4-5-12/h2-3,6-7,11H,4-5,13-14H2,1H3. The molecule has 1 aromatic heterocycles. The molecule has 84 valence electrons. The van der Waals surface area contributed by atoms with Crippen molar-refractivity contribution in [3.05, 3.63) is 30.1 Å². The van der Waals surface area contributed by atoms with Crippen LogP contribution < -0.4 is 11.5 Å². The third-order valence-corrected chi connectivity index (χ3v) is 3.56. The van der Waals surface area contributed by atoms with Crippen molar-refractivity contribution < 1.29 is 0 Å². The van der Waals surface area contributed by atoms with Crippen molar-refractivity contribution in [2.75, 3.05) is 0 Å². The van der Waals surface area contributed by atoms with Crippen LogP contribution in [0.15, 0.2) is 24.5 Å². The number of nitrogens with two attached hydrogens (primary N) is 2. The van der Waals surface area contributed by atoms with Crippen LogP contribution >= 0.6 is 0 Å². The summed E-state index contributed by atoms with van der Waals surface area (Å²) in [6.07, 6.45) is 3.86. The van der Waals surface area contributed by atoms with Gasteiger partial charge >= 0.3 is 0 Å². The number of hydrogen-bond donors (Lipinski definition) is 2. The fourth-order valence-electron chi connectivity index (χ4n) is 2.13. The summed E-state index contributed by atoms with van der Waals surface area (Å²) in [5, 5.41) is 0. The van der Waals surface area contributed by atoms with E-state index in [2.05, 4.69) is 17.1 Å². The first-order valence-corrected chi connectivity index (χ1v) is 5.56. The molecular weight excluding hydrogens is 200 g/mol. The summed E-state index contributed by atoms with van der Waals surface area (Å²) in [7, 11) is 1.99. The van der Waals surface area contributed by atoms with Gasteiger partial charge in [0.25, 0.3) is 0 Å². The van der Waals surface area contributed by atoms with E-state index < -0.39 is 0 Å². The van der Waals surface area contributed by atoms with Gasteiger partial charge in [-0.25, -0.2) is 4.98 Å². The number of benzene rings is 1. The molecule has 1 aromatic carbocycles. The van der Waals surface area contributed by atoms with Gasteiger partial charge in [-0.15, -0.1) is 0 Å². The molecule has 0 spiro atoms. The van der Waals surface area contributed by atoms with E-state index in [9.17, 15) is 0 Å². The number of rotatable bonds is 2. The molecule has 3 rings (SSSR count). The molecular formula is C12H16N4. The predicted octanol–water partition coefficient (Wildman–Crippen LogP) is 1.06. The largest absolute Gasteiger partial charge is 0.334 e. The Kier molecular flexibility index (Phi) is 1.87. The van der Waals surface area contributed by atoms with E-state index in [1.165, 1.54) is 0 Å². The van der Waals surface area contributed by atoms with Crippen molar-refractivity contribution in [3.63, 3.8) is 0 Å². The number of fused-ring (bicyclic) bond motifs is 1. The van der Waals surface area contributed by atoms with E-state index in [-0.39, 0.29) is 11.6 Å². The molecule has 2 aromatic rings. The summed E-state index contributed by atoms with van der Waals surface area (Å²) in [6, 6.07) is 6.09. The normalized spacial score (nSPS) is 19.9. The average Bonchev–Trinajstić information content (AvgIpc) is 2.94. The van der Waals surface area contributed by atoms with Gasteiger partial charge in [-0.1, -0.05) is 6.07 Å². The van der Waals surface area contributed by atoms with Crippen molar-refractivity contribution in [3.8, 4) is 0 Å². The van der Waals surface area contributed by atoms with Gasteiger partial charge < -0.3 is 16.0 Å². The number of imidazole rings is 1. The molecule has 1 saturated carbocycles. The molecule has 1 heterocycles. The maximum atomic E-state index is 6.17. The van der Waals surface area contributed by atoms with Crippen LogP contribution in [0.1, 0.15) is 24.4 Å². The van der Waals surface area contributed by atoms with Gasteiger partial charge in [-0.3, -0.25) is 0 Å². The Morgan fingerprint density at radius 2 is 2.19 bits per heavy atom. The van der Waals surface area contributed by atoms with Gasteiger partial charge in [0.1, 0.15) is 0 Å². The zero-order chi connectivity index (χ0) is 11.3. The van der Waals surface area contributed by atoms with Crippen LogP contribution in [0.3, 0.4) is 0 Å². The van der Waals surface area contributed by atoms with Crippen LogP contribution in [0.2, 0.25) is 0 Å². The van der Waals surface area contributed by atoms with Gasteiger partial charge in [0.2, 0.25) is 0 Å². The summed E-state index contributed by atoms with van der Waals surface area (Å²) in [4.78, 5) is 4.33. The minimum Gasteiger partial charge on any atom is -0.334 e. The van der Waals surface area contributed by atoms with Crippen molar-refractivity contribution >= 4 is 11.0 Å². The van der Waals surface area contributed by atoms with E-state index in [0.29, 0.717) is 0 Å². The van der Waals surface area contributed by atoms with E-state index in [0.717, 1.165) is 29.4 Å². The molecule has 1 aliphatic carbocycles. The molecule has 4 heteroatoms. The predicted molar refractivity (Wildman–Crippen MR) is 63.8 cm³/mol. The minimum atomic E-state index is -0.178. The molecule has 16 heavy (non-hydrogen) atoms. The highest BCUT2D eigenvalue weighted by Crippen LogP contribution is 2.42. The first-order valence-electron chi connectivity index (χ1n) is 5.56. The van der Waals surface area contributed by atoms with Crippen LogP contribution in [0.4, 0.5) is 0 Å². The van der Waals surface area contributed by atoms with Crippen molar-refractivity contribution in [1.29, 1.82) is 0 Å². The number of nitrogens with zero attached hydrogens (tertiary/aromatic N) is 2.